The fraction of sp³-hybridized carbons (Fsp3) is 0.500. The molecular formula is C24H31N7. The van der Waals surface area contributed by atoms with Gasteiger partial charge in [-0.25, -0.2) is 19.9 Å². The third-order valence-corrected chi connectivity index (χ3v) is 6.42. The lowest BCUT2D eigenvalue weighted by molar-refractivity contribution is 0.243. The molecule has 0 spiro atoms. The second-order valence-electron chi connectivity index (χ2n) is 8.65. The van der Waals surface area contributed by atoms with E-state index in [1.165, 1.54) is 38.5 Å². The van der Waals surface area contributed by atoms with E-state index in [4.69, 9.17) is 9.97 Å². The van der Waals surface area contributed by atoms with Gasteiger partial charge in [0.25, 0.3) is 0 Å². The number of rotatable bonds is 5. The van der Waals surface area contributed by atoms with E-state index in [9.17, 15) is 0 Å². The number of piperazine rings is 1. The Kier molecular flexibility index (Phi) is 6.20. The molecule has 3 aromatic rings. The number of anilines is 2. The van der Waals surface area contributed by atoms with Gasteiger partial charge in [0.1, 0.15) is 11.6 Å². The van der Waals surface area contributed by atoms with Gasteiger partial charge in [-0.2, -0.15) is 0 Å². The van der Waals surface area contributed by atoms with E-state index < -0.39 is 0 Å². The number of benzene rings is 1. The highest BCUT2D eigenvalue weighted by Crippen LogP contribution is 2.25. The van der Waals surface area contributed by atoms with Gasteiger partial charge in [-0.3, -0.25) is 4.90 Å². The summed E-state index contributed by atoms with van der Waals surface area (Å²) in [6.45, 7) is 4.53. The Morgan fingerprint density at radius 1 is 0.839 bits per heavy atom. The molecule has 7 heteroatoms. The number of aromatic nitrogens is 4. The highest BCUT2D eigenvalue weighted by Gasteiger charge is 2.21. The van der Waals surface area contributed by atoms with E-state index in [2.05, 4.69) is 49.4 Å². The number of nitrogens with zero attached hydrogens (tertiary/aromatic N) is 6. The second-order valence-corrected chi connectivity index (χ2v) is 8.65. The van der Waals surface area contributed by atoms with Crippen molar-refractivity contribution in [1.82, 2.24) is 24.8 Å². The molecule has 0 amide bonds. The van der Waals surface area contributed by atoms with Crippen LogP contribution in [0.25, 0.3) is 10.9 Å². The summed E-state index contributed by atoms with van der Waals surface area (Å²) >= 11 is 0. The van der Waals surface area contributed by atoms with Crippen molar-refractivity contribution in [3.05, 3.63) is 48.5 Å². The van der Waals surface area contributed by atoms with Crippen LogP contribution in [0.1, 0.15) is 44.3 Å². The van der Waals surface area contributed by atoms with Crippen LogP contribution in [0.15, 0.2) is 42.7 Å². The van der Waals surface area contributed by atoms with E-state index in [0.717, 1.165) is 61.2 Å². The molecular weight excluding hydrogens is 386 g/mol. The molecule has 0 radical (unpaired) electrons. The molecule has 31 heavy (non-hydrogen) atoms. The summed E-state index contributed by atoms with van der Waals surface area (Å²) in [5.41, 5.74) is 1.03. The van der Waals surface area contributed by atoms with Crippen molar-refractivity contribution in [1.29, 1.82) is 0 Å². The van der Waals surface area contributed by atoms with Crippen LogP contribution in [0.3, 0.4) is 0 Å². The van der Waals surface area contributed by atoms with Crippen LogP contribution in [0.4, 0.5) is 11.8 Å². The van der Waals surface area contributed by atoms with Crippen molar-refractivity contribution in [2.45, 2.75) is 51.1 Å². The van der Waals surface area contributed by atoms with E-state index in [-0.39, 0.29) is 0 Å². The maximum Gasteiger partial charge on any atom is 0.225 e. The number of hydrogen-bond acceptors (Lipinski definition) is 7. The SMILES string of the molecule is c1cnc(N2CCN(Cc3nc(NC4CCCCCC4)c4ccccc4n3)CC2)nc1. The summed E-state index contributed by atoms with van der Waals surface area (Å²) in [6.07, 6.45) is 11.4. The molecule has 162 valence electrons. The first kappa shape index (κ1) is 20.1. The van der Waals surface area contributed by atoms with Crippen molar-refractivity contribution in [2.24, 2.45) is 0 Å². The van der Waals surface area contributed by atoms with Gasteiger partial charge in [-0.05, 0) is 31.0 Å². The maximum absolute atomic E-state index is 4.99. The van der Waals surface area contributed by atoms with E-state index in [0.29, 0.717) is 6.04 Å². The minimum absolute atomic E-state index is 0.517. The summed E-state index contributed by atoms with van der Waals surface area (Å²) in [4.78, 5) is 23.3. The van der Waals surface area contributed by atoms with Crippen LogP contribution < -0.4 is 10.2 Å². The average Bonchev–Trinajstić information content (AvgIpc) is 3.09. The summed E-state index contributed by atoms with van der Waals surface area (Å²) in [5, 5.41) is 4.90. The summed E-state index contributed by atoms with van der Waals surface area (Å²) in [7, 11) is 0. The predicted molar refractivity (Wildman–Crippen MR) is 124 cm³/mol. The van der Waals surface area contributed by atoms with Crippen LogP contribution in [-0.2, 0) is 6.54 Å². The highest BCUT2D eigenvalue weighted by atomic mass is 15.3. The largest absolute Gasteiger partial charge is 0.367 e. The van der Waals surface area contributed by atoms with Gasteiger partial charge in [0.15, 0.2) is 0 Å². The number of nitrogens with one attached hydrogen (secondary N) is 1. The van der Waals surface area contributed by atoms with Crippen LogP contribution in [0.5, 0.6) is 0 Å². The lowest BCUT2D eigenvalue weighted by Crippen LogP contribution is -2.46. The van der Waals surface area contributed by atoms with Crippen LogP contribution >= 0.6 is 0 Å². The molecule has 0 atom stereocenters. The quantitative estimate of drug-likeness (QED) is 0.632. The maximum atomic E-state index is 4.99. The minimum atomic E-state index is 0.517. The molecule has 2 aromatic heterocycles. The molecule has 2 aliphatic rings. The van der Waals surface area contributed by atoms with Gasteiger partial charge in [0.05, 0.1) is 12.1 Å². The minimum Gasteiger partial charge on any atom is -0.367 e. The first-order valence-electron chi connectivity index (χ1n) is 11.6. The van der Waals surface area contributed by atoms with Gasteiger partial charge in [-0.1, -0.05) is 37.8 Å². The monoisotopic (exact) mass is 417 g/mol. The van der Waals surface area contributed by atoms with Gasteiger partial charge < -0.3 is 10.2 Å². The Labute approximate surface area is 183 Å². The Balaban J connectivity index is 1.30. The molecule has 3 heterocycles. The van der Waals surface area contributed by atoms with Gasteiger partial charge >= 0.3 is 0 Å². The molecule has 1 aliphatic heterocycles. The smallest absolute Gasteiger partial charge is 0.225 e. The van der Waals surface area contributed by atoms with Gasteiger partial charge in [0.2, 0.25) is 5.95 Å². The molecule has 2 fully saturated rings. The Bertz CT molecular complexity index is 978. The molecule has 1 saturated carbocycles. The normalized spacial score (nSPS) is 18.8. The third-order valence-electron chi connectivity index (χ3n) is 6.42. The van der Waals surface area contributed by atoms with Crippen LogP contribution in [0, 0.1) is 0 Å². The van der Waals surface area contributed by atoms with Crippen LogP contribution in [-0.4, -0.2) is 57.1 Å². The van der Waals surface area contributed by atoms with E-state index >= 15 is 0 Å². The first-order chi connectivity index (χ1) is 15.3. The van der Waals surface area contributed by atoms with Gasteiger partial charge in [0, 0.05) is 50.0 Å². The zero-order valence-corrected chi connectivity index (χ0v) is 18.1. The van der Waals surface area contributed by atoms with E-state index in [1.807, 2.05) is 6.07 Å². The number of fused-ring (bicyclic) bond motifs is 1. The van der Waals surface area contributed by atoms with Crippen molar-refractivity contribution < 1.29 is 0 Å². The standard InChI is InChI=1S/C24H31N7/c1-2-4-9-19(8-3-1)27-23-20-10-5-6-11-21(20)28-22(29-23)18-30-14-16-31(17-15-30)24-25-12-7-13-26-24/h5-7,10-13,19H,1-4,8-9,14-18H2,(H,27,28,29). The first-order valence-corrected chi connectivity index (χ1v) is 11.6. The van der Waals surface area contributed by atoms with E-state index in [1.54, 1.807) is 12.4 Å². The molecule has 7 nitrogen and oxygen atoms in total. The predicted octanol–water partition coefficient (Wildman–Crippen LogP) is 3.88. The van der Waals surface area contributed by atoms with Crippen LogP contribution in [0.2, 0.25) is 0 Å². The molecule has 1 saturated heterocycles. The fourth-order valence-electron chi connectivity index (χ4n) is 4.68. The topological polar surface area (TPSA) is 70.1 Å². The average molecular weight is 418 g/mol. The molecule has 0 unspecified atom stereocenters. The van der Waals surface area contributed by atoms with Crippen molar-refractivity contribution in [3.8, 4) is 0 Å². The Hall–Kier alpha value is -2.80. The number of hydrogen-bond donors (Lipinski definition) is 1. The third kappa shape index (κ3) is 4.93. The fourth-order valence-corrected chi connectivity index (χ4v) is 4.68. The summed E-state index contributed by atoms with van der Waals surface area (Å²) in [5.74, 6) is 2.72. The van der Waals surface area contributed by atoms with Crippen molar-refractivity contribution in [2.75, 3.05) is 36.4 Å². The zero-order chi connectivity index (χ0) is 20.9. The molecule has 1 aliphatic carbocycles. The lowest BCUT2D eigenvalue weighted by atomic mass is 10.1. The molecule has 0 bridgehead atoms. The molecule has 1 N–H and O–H groups in total. The summed E-state index contributed by atoms with van der Waals surface area (Å²) < 4.78 is 0. The Morgan fingerprint density at radius 3 is 2.35 bits per heavy atom. The zero-order valence-electron chi connectivity index (χ0n) is 18.1. The van der Waals surface area contributed by atoms with Gasteiger partial charge in [-0.15, -0.1) is 0 Å². The highest BCUT2D eigenvalue weighted by molar-refractivity contribution is 5.89. The molecule has 5 rings (SSSR count). The Morgan fingerprint density at radius 2 is 1.58 bits per heavy atom. The second kappa shape index (κ2) is 9.56. The van der Waals surface area contributed by atoms with Crippen molar-refractivity contribution in [3.63, 3.8) is 0 Å². The van der Waals surface area contributed by atoms with Crippen molar-refractivity contribution >= 4 is 22.7 Å². The number of para-hydroxylation sites is 1. The summed E-state index contributed by atoms with van der Waals surface area (Å²) in [6, 6.07) is 10.8. The molecule has 1 aromatic carbocycles. The lowest BCUT2D eigenvalue weighted by Gasteiger charge is -2.34.